The Morgan fingerprint density at radius 2 is 2.08 bits per heavy atom. The van der Waals surface area contributed by atoms with E-state index in [-0.39, 0.29) is 32.7 Å². The molecule has 3 nitrogen and oxygen atoms in total. The maximum atomic E-state index is 4.39. The summed E-state index contributed by atoms with van der Waals surface area (Å²) in [7, 11) is 1.96. The van der Waals surface area contributed by atoms with E-state index in [0.717, 1.165) is 22.6 Å². The third kappa shape index (κ3) is 1.68. The Balaban J connectivity index is 0.000000845. The van der Waals surface area contributed by atoms with Gasteiger partial charge >= 0.3 is 0 Å². The minimum absolute atomic E-state index is 0. The van der Waals surface area contributed by atoms with Crippen LogP contribution in [0.25, 0.3) is 11.2 Å². The van der Waals surface area contributed by atoms with Crippen molar-refractivity contribution in [1.82, 2.24) is 14.5 Å². The fourth-order valence-electron chi connectivity index (χ4n) is 1.25. The molecule has 0 amide bonds. The first-order valence-electron chi connectivity index (χ1n) is 3.87. The van der Waals surface area contributed by atoms with Crippen molar-refractivity contribution >= 4 is 11.2 Å². The van der Waals surface area contributed by atoms with Gasteiger partial charge in [0.1, 0.15) is 0 Å². The van der Waals surface area contributed by atoms with E-state index in [1.807, 2.05) is 31.5 Å². The zero-order valence-corrected chi connectivity index (χ0v) is 10.8. The summed E-state index contributed by atoms with van der Waals surface area (Å²) >= 11 is 0. The second-order valence-electron chi connectivity index (χ2n) is 2.96. The van der Waals surface area contributed by atoms with Crippen LogP contribution in [-0.4, -0.2) is 14.5 Å². The van der Waals surface area contributed by atoms with Crippen LogP contribution in [0.2, 0.25) is 0 Å². The largest absolute Gasteiger partial charge is 0.369 e. The van der Waals surface area contributed by atoms with Crippen LogP contribution >= 0.6 is 0 Å². The molecule has 0 saturated carbocycles. The molecule has 0 saturated heterocycles. The Labute approximate surface area is 102 Å². The normalized spacial score (nSPS) is 10.1. The third-order valence-corrected chi connectivity index (χ3v) is 2.11. The SMILES string of the molecule is Cc1c[c-]nc2c1nc(C)n2C.[Y]. The molecule has 2 aromatic rings. The average Bonchev–Trinajstić information content (AvgIpc) is 2.32. The first-order valence-corrected chi connectivity index (χ1v) is 3.87. The van der Waals surface area contributed by atoms with Crippen molar-refractivity contribution in [3.63, 3.8) is 0 Å². The van der Waals surface area contributed by atoms with Gasteiger partial charge in [-0.15, -0.1) is 5.56 Å². The van der Waals surface area contributed by atoms with E-state index in [1.165, 1.54) is 0 Å². The van der Waals surface area contributed by atoms with Crippen molar-refractivity contribution in [3.05, 3.63) is 23.7 Å². The van der Waals surface area contributed by atoms with E-state index in [9.17, 15) is 0 Å². The second-order valence-corrected chi connectivity index (χ2v) is 2.96. The van der Waals surface area contributed by atoms with Gasteiger partial charge in [-0.1, -0.05) is 13.1 Å². The Bertz CT molecular complexity index is 434. The standard InChI is InChI=1S/C9H10N3.Y/c1-6-4-5-10-9-8(6)11-7(2)12(9)3;/h4H,1-3H3;/q-1;. The van der Waals surface area contributed by atoms with Crippen LogP contribution in [0.4, 0.5) is 0 Å². The van der Waals surface area contributed by atoms with Gasteiger partial charge in [0.05, 0.1) is 5.82 Å². The number of rotatable bonds is 0. The summed E-state index contributed by atoms with van der Waals surface area (Å²) in [6.45, 7) is 3.99. The minimum Gasteiger partial charge on any atom is -0.369 e. The minimum atomic E-state index is 0. The molecule has 65 valence electrons. The molecule has 0 N–H and O–H groups in total. The van der Waals surface area contributed by atoms with Crippen molar-refractivity contribution in [2.45, 2.75) is 13.8 Å². The number of imidazole rings is 1. The van der Waals surface area contributed by atoms with Crippen LogP contribution in [0, 0.1) is 20.0 Å². The van der Waals surface area contributed by atoms with E-state index in [1.54, 1.807) is 0 Å². The number of aromatic nitrogens is 3. The molecule has 0 aliphatic carbocycles. The molecule has 2 aromatic heterocycles. The molecule has 2 heterocycles. The van der Waals surface area contributed by atoms with Gasteiger partial charge < -0.3 is 9.55 Å². The van der Waals surface area contributed by atoms with E-state index in [2.05, 4.69) is 16.2 Å². The van der Waals surface area contributed by atoms with Gasteiger partial charge in [0.2, 0.25) is 0 Å². The van der Waals surface area contributed by atoms with Crippen LogP contribution in [0.15, 0.2) is 6.07 Å². The molecular weight excluding hydrogens is 239 g/mol. The number of fused-ring (bicyclic) bond motifs is 1. The van der Waals surface area contributed by atoms with Crippen molar-refractivity contribution in [2.24, 2.45) is 7.05 Å². The molecular formula is C9H10N3Y-. The molecule has 0 bridgehead atoms. The van der Waals surface area contributed by atoms with Crippen LogP contribution in [0.1, 0.15) is 11.4 Å². The topological polar surface area (TPSA) is 30.7 Å². The van der Waals surface area contributed by atoms with E-state index >= 15 is 0 Å². The van der Waals surface area contributed by atoms with Crippen LogP contribution in [0.5, 0.6) is 0 Å². The smallest absolute Gasteiger partial charge is 0.0936 e. The summed E-state index contributed by atoms with van der Waals surface area (Å²) in [6, 6.07) is 1.86. The van der Waals surface area contributed by atoms with Gasteiger partial charge in [-0.05, 0) is 6.92 Å². The summed E-state index contributed by atoms with van der Waals surface area (Å²) in [5, 5.41) is 0. The number of hydrogen-bond acceptors (Lipinski definition) is 2. The van der Waals surface area contributed by atoms with E-state index in [0.29, 0.717) is 0 Å². The number of nitrogens with zero attached hydrogens (tertiary/aromatic N) is 3. The summed E-state index contributed by atoms with van der Waals surface area (Å²) in [4.78, 5) is 8.53. The van der Waals surface area contributed by atoms with Crippen molar-refractivity contribution < 1.29 is 32.7 Å². The van der Waals surface area contributed by atoms with Crippen molar-refractivity contribution in [2.75, 3.05) is 0 Å². The fourth-order valence-corrected chi connectivity index (χ4v) is 1.25. The Morgan fingerprint density at radius 1 is 1.38 bits per heavy atom. The maximum absolute atomic E-state index is 4.39. The van der Waals surface area contributed by atoms with Crippen molar-refractivity contribution in [1.29, 1.82) is 0 Å². The molecule has 0 aliphatic rings. The third-order valence-electron chi connectivity index (χ3n) is 2.11. The van der Waals surface area contributed by atoms with Gasteiger partial charge in [0.25, 0.3) is 0 Å². The quantitative estimate of drug-likeness (QED) is 0.660. The van der Waals surface area contributed by atoms with Gasteiger partial charge in [-0.25, -0.2) is 0 Å². The summed E-state index contributed by atoms with van der Waals surface area (Å²) in [5.41, 5.74) is 3.02. The Morgan fingerprint density at radius 3 is 2.69 bits per heavy atom. The summed E-state index contributed by atoms with van der Waals surface area (Å²) in [5.74, 6) is 0.986. The zero-order chi connectivity index (χ0) is 8.72. The Kier molecular flexibility index (Phi) is 3.20. The Hall–Kier alpha value is -0.276. The van der Waals surface area contributed by atoms with Gasteiger partial charge in [0, 0.05) is 50.9 Å². The zero-order valence-electron chi connectivity index (χ0n) is 8.00. The summed E-state index contributed by atoms with van der Waals surface area (Å²) < 4.78 is 1.97. The molecule has 1 radical (unpaired) electrons. The molecule has 4 heteroatoms. The van der Waals surface area contributed by atoms with E-state index < -0.39 is 0 Å². The molecule has 0 fully saturated rings. The van der Waals surface area contributed by atoms with Crippen LogP contribution in [0.3, 0.4) is 0 Å². The van der Waals surface area contributed by atoms with Gasteiger partial charge in [0.15, 0.2) is 0 Å². The molecule has 0 atom stereocenters. The summed E-state index contributed by atoms with van der Waals surface area (Å²) in [6.07, 6.45) is 2.85. The first kappa shape index (κ1) is 10.8. The molecule has 0 aliphatic heterocycles. The monoisotopic (exact) mass is 249 g/mol. The number of aryl methyl sites for hydroxylation is 3. The molecule has 2 rings (SSSR count). The molecule has 0 unspecified atom stereocenters. The van der Waals surface area contributed by atoms with Crippen LogP contribution in [-0.2, 0) is 39.8 Å². The van der Waals surface area contributed by atoms with Gasteiger partial charge in [-0.2, -0.15) is 6.07 Å². The second kappa shape index (κ2) is 3.85. The van der Waals surface area contributed by atoms with Crippen LogP contribution < -0.4 is 0 Å². The molecule has 0 aromatic carbocycles. The average molecular weight is 249 g/mol. The van der Waals surface area contributed by atoms with E-state index in [4.69, 9.17) is 0 Å². The predicted octanol–water partition coefficient (Wildman–Crippen LogP) is 1.38. The molecule has 0 spiro atoms. The predicted molar refractivity (Wildman–Crippen MR) is 46.8 cm³/mol. The fraction of sp³-hybridized carbons (Fsp3) is 0.333. The number of hydrogen-bond donors (Lipinski definition) is 0. The maximum Gasteiger partial charge on any atom is 0.0936 e. The first-order chi connectivity index (χ1) is 5.70. The van der Waals surface area contributed by atoms with Crippen molar-refractivity contribution in [3.8, 4) is 0 Å². The number of pyridine rings is 1. The molecule has 13 heavy (non-hydrogen) atoms. The van der Waals surface area contributed by atoms with Gasteiger partial charge in [-0.3, -0.25) is 4.98 Å².